The van der Waals surface area contributed by atoms with Crippen molar-refractivity contribution in [1.29, 1.82) is 0 Å². The summed E-state index contributed by atoms with van der Waals surface area (Å²) in [6.45, 7) is 4.60. The summed E-state index contributed by atoms with van der Waals surface area (Å²) in [5, 5.41) is 10.6. The van der Waals surface area contributed by atoms with E-state index in [0.717, 1.165) is 11.1 Å². The van der Waals surface area contributed by atoms with Crippen LogP contribution < -0.4 is 5.56 Å². The molecule has 1 aliphatic rings. The van der Waals surface area contributed by atoms with E-state index in [1.807, 2.05) is 74.5 Å². The average molecular weight is 377 g/mol. The van der Waals surface area contributed by atoms with Crippen molar-refractivity contribution in [1.82, 2.24) is 14.3 Å². The molecule has 0 aliphatic carbocycles. The van der Waals surface area contributed by atoms with Crippen LogP contribution in [0.5, 0.6) is 5.75 Å². The molecule has 1 N–H and O–H groups in total. The summed E-state index contributed by atoms with van der Waals surface area (Å²) in [6.07, 6.45) is 0. The first-order chi connectivity index (χ1) is 13.5. The Morgan fingerprint density at radius 3 is 2.21 bits per heavy atom. The molecule has 1 atom stereocenters. The summed E-state index contributed by atoms with van der Waals surface area (Å²) in [5.74, 6) is -0.796. The van der Waals surface area contributed by atoms with Crippen molar-refractivity contribution in [3.8, 4) is 5.75 Å². The topological polar surface area (TPSA) is 67.5 Å². The molecule has 2 heterocycles. The molecule has 28 heavy (non-hydrogen) atoms. The zero-order valence-corrected chi connectivity index (χ0v) is 15.9. The molecule has 0 fully saturated rings. The van der Waals surface area contributed by atoms with Gasteiger partial charge in [0, 0.05) is 12.6 Å². The zero-order valence-electron chi connectivity index (χ0n) is 15.9. The van der Waals surface area contributed by atoms with Gasteiger partial charge in [-0.15, -0.1) is 0 Å². The molecule has 1 aliphatic heterocycles. The number of hydrogen-bond donors (Lipinski definition) is 1. The predicted octanol–water partition coefficient (Wildman–Crippen LogP) is 2.86. The van der Waals surface area contributed by atoms with Gasteiger partial charge in [0.25, 0.3) is 5.91 Å². The Balaban J connectivity index is 1.93. The Morgan fingerprint density at radius 1 is 1.00 bits per heavy atom. The Kier molecular flexibility index (Phi) is 4.55. The third-order valence-electron chi connectivity index (χ3n) is 5.26. The van der Waals surface area contributed by atoms with Crippen LogP contribution in [0.2, 0.25) is 0 Å². The summed E-state index contributed by atoms with van der Waals surface area (Å²) in [4.78, 5) is 27.7. The third-order valence-corrected chi connectivity index (χ3v) is 5.26. The molecule has 0 radical (unpaired) electrons. The van der Waals surface area contributed by atoms with Crippen LogP contribution >= 0.6 is 0 Å². The van der Waals surface area contributed by atoms with Gasteiger partial charge in [-0.25, -0.2) is 4.68 Å². The van der Waals surface area contributed by atoms with Gasteiger partial charge in [0.05, 0.1) is 12.6 Å². The fourth-order valence-corrected chi connectivity index (χ4v) is 3.83. The first-order valence-electron chi connectivity index (χ1n) is 9.43. The van der Waals surface area contributed by atoms with E-state index in [1.165, 1.54) is 4.68 Å². The second kappa shape index (κ2) is 7.03. The lowest BCUT2D eigenvalue weighted by atomic mass is 10.0. The zero-order chi connectivity index (χ0) is 19.8. The molecular formula is C22H23N3O3. The molecule has 6 nitrogen and oxygen atoms in total. The van der Waals surface area contributed by atoms with E-state index >= 15 is 0 Å². The molecule has 1 aromatic heterocycles. The Morgan fingerprint density at radius 2 is 1.61 bits per heavy atom. The molecule has 6 heteroatoms. The highest BCUT2D eigenvalue weighted by molar-refractivity contribution is 5.96. The van der Waals surface area contributed by atoms with Crippen LogP contribution in [0, 0.1) is 0 Å². The highest BCUT2D eigenvalue weighted by Gasteiger charge is 2.39. The highest BCUT2D eigenvalue weighted by Crippen LogP contribution is 2.32. The second-order valence-corrected chi connectivity index (χ2v) is 7.37. The normalized spacial score (nSPS) is 16.5. The first-order valence-corrected chi connectivity index (χ1v) is 9.43. The lowest BCUT2D eigenvalue weighted by Gasteiger charge is -2.37. The van der Waals surface area contributed by atoms with Crippen LogP contribution in [0.25, 0.3) is 0 Å². The quantitative estimate of drug-likeness (QED) is 0.760. The van der Waals surface area contributed by atoms with Gasteiger partial charge in [0.15, 0.2) is 5.69 Å². The van der Waals surface area contributed by atoms with Gasteiger partial charge in [-0.1, -0.05) is 60.7 Å². The largest absolute Gasteiger partial charge is 0.501 e. The fourth-order valence-electron chi connectivity index (χ4n) is 3.83. The molecule has 1 unspecified atom stereocenters. The van der Waals surface area contributed by atoms with Crippen molar-refractivity contribution in [2.24, 2.45) is 0 Å². The minimum absolute atomic E-state index is 0.0422. The number of aromatic hydroxyl groups is 1. The predicted molar refractivity (Wildman–Crippen MR) is 107 cm³/mol. The molecule has 0 saturated carbocycles. The van der Waals surface area contributed by atoms with E-state index in [2.05, 4.69) is 0 Å². The lowest BCUT2D eigenvalue weighted by Crippen LogP contribution is -2.48. The average Bonchev–Trinajstić information content (AvgIpc) is 2.95. The summed E-state index contributed by atoms with van der Waals surface area (Å²) in [7, 11) is 0. The van der Waals surface area contributed by atoms with E-state index in [4.69, 9.17) is 0 Å². The van der Waals surface area contributed by atoms with Gasteiger partial charge >= 0.3 is 5.56 Å². The van der Waals surface area contributed by atoms with Crippen LogP contribution in [0.15, 0.2) is 65.5 Å². The van der Waals surface area contributed by atoms with Crippen molar-refractivity contribution in [2.75, 3.05) is 6.54 Å². The molecule has 0 bridgehead atoms. The minimum atomic E-state index is -0.543. The summed E-state index contributed by atoms with van der Waals surface area (Å²) in [5.41, 5.74) is 1.43. The lowest BCUT2D eigenvalue weighted by molar-refractivity contribution is 0.0600. The van der Waals surface area contributed by atoms with Crippen molar-refractivity contribution in [2.45, 2.75) is 32.5 Å². The fraction of sp³-hybridized carbons (Fsp3) is 0.273. The maximum absolute atomic E-state index is 13.1. The molecule has 4 rings (SSSR count). The van der Waals surface area contributed by atoms with Gasteiger partial charge in [-0.05, 0) is 25.0 Å². The van der Waals surface area contributed by atoms with E-state index in [0.29, 0.717) is 6.54 Å². The van der Waals surface area contributed by atoms with Gasteiger partial charge < -0.3 is 10.0 Å². The highest BCUT2D eigenvalue weighted by atomic mass is 16.3. The molecule has 144 valence electrons. The summed E-state index contributed by atoms with van der Waals surface area (Å²) < 4.78 is 3.16. The van der Waals surface area contributed by atoms with Crippen molar-refractivity contribution >= 4 is 5.91 Å². The SMILES string of the molecule is CC(C)N1CC(c2ccccc2)n2c(c(O)c(=O)n2Cc2ccccc2)C1=O. The van der Waals surface area contributed by atoms with Gasteiger partial charge in [0.2, 0.25) is 5.75 Å². The number of hydrogen-bond acceptors (Lipinski definition) is 3. The van der Waals surface area contributed by atoms with E-state index in [-0.39, 0.29) is 30.2 Å². The van der Waals surface area contributed by atoms with Gasteiger partial charge in [-0.2, -0.15) is 0 Å². The Labute approximate surface area is 163 Å². The summed E-state index contributed by atoms with van der Waals surface area (Å²) >= 11 is 0. The van der Waals surface area contributed by atoms with Crippen LogP contribution in [0.4, 0.5) is 0 Å². The molecule has 2 aromatic carbocycles. The number of benzene rings is 2. The van der Waals surface area contributed by atoms with Crippen molar-refractivity contribution in [3.63, 3.8) is 0 Å². The first kappa shape index (κ1) is 18.1. The summed E-state index contributed by atoms with van der Waals surface area (Å²) in [6, 6.07) is 19.0. The third kappa shape index (κ3) is 2.91. The number of nitrogens with zero attached hydrogens (tertiary/aromatic N) is 3. The van der Waals surface area contributed by atoms with Crippen molar-refractivity contribution < 1.29 is 9.90 Å². The Hall–Kier alpha value is -3.28. The molecule has 1 amide bonds. The number of carbonyl (C=O) groups is 1. The van der Waals surface area contributed by atoms with Crippen LogP contribution in [0.1, 0.15) is 41.5 Å². The number of fused-ring (bicyclic) bond motifs is 1. The number of aromatic nitrogens is 2. The smallest absolute Gasteiger partial charge is 0.310 e. The number of amides is 1. The monoisotopic (exact) mass is 377 g/mol. The van der Waals surface area contributed by atoms with E-state index in [1.54, 1.807) is 9.58 Å². The minimum Gasteiger partial charge on any atom is -0.501 e. The van der Waals surface area contributed by atoms with E-state index in [9.17, 15) is 14.7 Å². The molecule has 0 spiro atoms. The standard InChI is InChI=1S/C22H23N3O3/c1-15(2)23-14-18(17-11-7-4-8-12-17)25-19(21(23)27)20(26)22(28)24(25)13-16-9-5-3-6-10-16/h3-12,15,18,26H,13-14H2,1-2H3. The van der Waals surface area contributed by atoms with Crippen LogP contribution in [0.3, 0.4) is 0 Å². The maximum atomic E-state index is 13.1. The maximum Gasteiger partial charge on any atom is 0.310 e. The van der Waals surface area contributed by atoms with E-state index < -0.39 is 11.3 Å². The van der Waals surface area contributed by atoms with Gasteiger partial charge in [0.1, 0.15) is 0 Å². The second-order valence-electron chi connectivity index (χ2n) is 7.37. The molecule has 3 aromatic rings. The molecule has 0 saturated heterocycles. The number of carbonyl (C=O) groups excluding carboxylic acids is 1. The Bertz CT molecular complexity index is 1050. The van der Waals surface area contributed by atoms with Crippen molar-refractivity contribution in [3.05, 3.63) is 87.8 Å². The van der Waals surface area contributed by atoms with Crippen LogP contribution in [-0.4, -0.2) is 37.9 Å². The van der Waals surface area contributed by atoms with Crippen LogP contribution in [-0.2, 0) is 6.54 Å². The van der Waals surface area contributed by atoms with Gasteiger partial charge in [-0.3, -0.25) is 14.3 Å². The molecular weight excluding hydrogens is 354 g/mol. The number of rotatable bonds is 4.